The first-order valence-electron chi connectivity index (χ1n) is 5.96. The Hall–Kier alpha value is -1.40. The number of nitrogens with two attached hydrogens (primary N) is 1. The number of ether oxygens (including phenoxy) is 1. The maximum Gasteiger partial charge on any atom is 0.225 e. The van der Waals surface area contributed by atoms with Crippen molar-refractivity contribution in [2.45, 2.75) is 12.8 Å². The second kappa shape index (κ2) is 5.71. The third kappa shape index (κ3) is 3.13. The van der Waals surface area contributed by atoms with Crippen LogP contribution in [0.1, 0.15) is 12.8 Å². The van der Waals surface area contributed by atoms with E-state index in [1.807, 2.05) is 0 Å². The van der Waals surface area contributed by atoms with Gasteiger partial charge in [-0.15, -0.1) is 0 Å². The number of carbonyl (C=O) groups is 1. The van der Waals surface area contributed by atoms with Gasteiger partial charge in [0.1, 0.15) is 0 Å². The van der Waals surface area contributed by atoms with Crippen LogP contribution in [0.4, 0.5) is 10.2 Å². The predicted octanol–water partition coefficient (Wildman–Crippen LogP) is 1.57. The number of nitrogens with zero attached hydrogens (tertiary/aromatic N) is 1. The molecule has 0 saturated carbocycles. The number of hydrogen-bond acceptors (Lipinski definition) is 4. The number of pyridine rings is 1. The number of amides is 1. The van der Waals surface area contributed by atoms with Crippen LogP contribution < -0.4 is 11.1 Å². The second-order valence-corrected chi connectivity index (χ2v) is 5.03. The van der Waals surface area contributed by atoms with Crippen LogP contribution in [0.5, 0.6) is 0 Å². The molecule has 2 heterocycles. The molecule has 104 valence electrons. The van der Waals surface area contributed by atoms with Crippen molar-refractivity contribution in [1.82, 2.24) is 4.98 Å². The minimum absolute atomic E-state index is 0.0662. The molecule has 19 heavy (non-hydrogen) atoms. The van der Waals surface area contributed by atoms with E-state index in [9.17, 15) is 9.18 Å². The number of carbonyl (C=O) groups excluding carboxylic acids is 1. The summed E-state index contributed by atoms with van der Waals surface area (Å²) in [6.45, 7) is 1.18. The van der Waals surface area contributed by atoms with E-state index in [1.165, 1.54) is 6.20 Å². The number of anilines is 1. The van der Waals surface area contributed by atoms with Crippen LogP contribution in [0, 0.1) is 11.2 Å². The Balaban J connectivity index is 2.08. The third-order valence-corrected chi connectivity index (χ3v) is 3.58. The van der Waals surface area contributed by atoms with Gasteiger partial charge in [0.2, 0.25) is 5.91 Å². The quantitative estimate of drug-likeness (QED) is 0.881. The summed E-state index contributed by atoms with van der Waals surface area (Å²) in [6, 6.07) is 1.16. The molecule has 0 spiro atoms. The van der Waals surface area contributed by atoms with Crippen LogP contribution in [-0.4, -0.2) is 30.6 Å². The van der Waals surface area contributed by atoms with E-state index in [4.69, 9.17) is 22.1 Å². The van der Waals surface area contributed by atoms with Crippen molar-refractivity contribution in [3.63, 3.8) is 0 Å². The molecule has 5 nitrogen and oxygen atoms in total. The zero-order valence-electron chi connectivity index (χ0n) is 10.3. The topological polar surface area (TPSA) is 77.2 Å². The van der Waals surface area contributed by atoms with Gasteiger partial charge in [-0.25, -0.2) is 9.37 Å². The SMILES string of the molecule is NC(=O)C1(CNc2ncc(Cl)cc2F)CCOCC1. The molecular weight excluding hydrogens is 273 g/mol. The highest BCUT2D eigenvalue weighted by Crippen LogP contribution is 2.30. The van der Waals surface area contributed by atoms with Gasteiger partial charge >= 0.3 is 0 Å². The molecule has 0 atom stereocenters. The third-order valence-electron chi connectivity index (χ3n) is 3.37. The molecule has 3 N–H and O–H groups in total. The number of hydrogen-bond donors (Lipinski definition) is 2. The lowest BCUT2D eigenvalue weighted by molar-refractivity contribution is -0.132. The lowest BCUT2D eigenvalue weighted by atomic mass is 9.79. The van der Waals surface area contributed by atoms with Gasteiger partial charge in [-0.3, -0.25) is 4.79 Å². The largest absolute Gasteiger partial charge is 0.381 e. The molecule has 1 amide bonds. The molecule has 1 aromatic heterocycles. The molecule has 1 aromatic rings. The highest BCUT2D eigenvalue weighted by Gasteiger charge is 2.38. The van der Waals surface area contributed by atoms with Crippen molar-refractivity contribution < 1.29 is 13.9 Å². The van der Waals surface area contributed by atoms with E-state index in [0.717, 1.165) is 6.07 Å². The van der Waals surface area contributed by atoms with Crippen LogP contribution in [0.25, 0.3) is 0 Å². The number of halogens is 2. The molecule has 1 aliphatic heterocycles. The summed E-state index contributed by atoms with van der Waals surface area (Å²) in [5, 5.41) is 3.05. The average molecular weight is 288 g/mol. The summed E-state index contributed by atoms with van der Waals surface area (Å²) < 4.78 is 18.8. The lowest BCUT2D eigenvalue weighted by Crippen LogP contribution is -2.46. The van der Waals surface area contributed by atoms with E-state index >= 15 is 0 Å². The van der Waals surface area contributed by atoms with Crippen molar-refractivity contribution in [2.24, 2.45) is 11.1 Å². The van der Waals surface area contributed by atoms with Crippen molar-refractivity contribution >= 4 is 23.3 Å². The normalized spacial score (nSPS) is 18.0. The molecule has 0 bridgehead atoms. The molecule has 1 saturated heterocycles. The van der Waals surface area contributed by atoms with E-state index in [-0.39, 0.29) is 17.4 Å². The monoisotopic (exact) mass is 287 g/mol. The first kappa shape index (κ1) is 14.0. The summed E-state index contributed by atoms with van der Waals surface area (Å²) in [4.78, 5) is 15.5. The predicted molar refractivity (Wildman–Crippen MR) is 69.4 cm³/mol. The Labute approximate surface area is 115 Å². The molecule has 7 heteroatoms. The molecular formula is C12H15ClFN3O2. The highest BCUT2D eigenvalue weighted by molar-refractivity contribution is 6.30. The van der Waals surface area contributed by atoms with Crippen molar-refractivity contribution in [3.05, 3.63) is 23.1 Å². The number of aromatic nitrogens is 1. The van der Waals surface area contributed by atoms with E-state index in [1.54, 1.807) is 0 Å². The number of primary amides is 1. The average Bonchev–Trinajstić information content (AvgIpc) is 2.38. The van der Waals surface area contributed by atoms with Crippen LogP contribution in [-0.2, 0) is 9.53 Å². The molecule has 1 aliphatic rings. The fraction of sp³-hybridized carbons (Fsp3) is 0.500. The van der Waals surface area contributed by atoms with Crippen LogP contribution in [0.3, 0.4) is 0 Å². The molecule has 2 rings (SSSR count). The molecule has 0 aliphatic carbocycles. The maximum atomic E-state index is 13.6. The number of rotatable bonds is 4. The Kier molecular flexibility index (Phi) is 4.21. The fourth-order valence-corrected chi connectivity index (χ4v) is 2.21. The van der Waals surface area contributed by atoms with E-state index in [0.29, 0.717) is 26.1 Å². The molecule has 1 fully saturated rings. The van der Waals surface area contributed by atoms with E-state index in [2.05, 4.69) is 10.3 Å². The van der Waals surface area contributed by atoms with Crippen LogP contribution in [0.2, 0.25) is 5.02 Å². The lowest BCUT2D eigenvalue weighted by Gasteiger charge is -2.34. The van der Waals surface area contributed by atoms with Gasteiger partial charge in [0.15, 0.2) is 11.6 Å². The second-order valence-electron chi connectivity index (χ2n) is 4.59. The summed E-state index contributed by atoms with van der Waals surface area (Å²) in [5.74, 6) is -0.895. The summed E-state index contributed by atoms with van der Waals surface area (Å²) in [5.41, 5.74) is 4.74. The molecule has 0 unspecified atom stereocenters. The highest BCUT2D eigenvalue weighted by atomic mass is 35.5. The minimum atomic E-state index is -0.716. The summed E-state index contributed by atoms with van der Waals surface area (Å²) in [6.07, 6.45) is 2.38. The first-order chi connectivity index (χ1) is 9.03. The van der Waals surface area contributed by atoms with Gasteiger partial charge in [-0.2, -0.15) is 0 Å². The van der Waals surface area contributed by atoms with Gasteiger partial charge in [0.25, 0.3) is 0 Å². The van der Waals surface area contributed by atoms with Crippen molar-refractivity contribution in [3.8, 4) is 0 Å². The first-order valence-corrected chi connectivity index (χ1v) is 6.34. The summed E-state index contributed by atoms with van der Waals surface area (Å²) in [7, 11) is 0. The maximum absolute atomic E-state index is 13.6. The smallest absolute Gasteiger partial charge is 0.225 e. The Morgan fingerprint density at radius 1 is 1.58 bits per heavy atom. The molecule has 0 radical (unpaired) electrons. The zero-order valence-corrected chi connectivity index (χ0v) is 11.0. The minimum Gasteiger partial charge on any atom is -0.381 e. The van der Waals surface area contributed by atoms with Gasteiger partial charge in [0.05, 0.1) is 10.4 Å². The van der Waals surface area contributed by atoms with Crippen molar-refractivity contribution in [2.75, 3.05) is 25.1 Å². The van der Waals surface area contributed by atoms with Crippen molar-refractivity contribution in [1.29, 1.82) is 0 Å². The van der Waals surface area contributed by atoms with Crippen LogP contribution >= 0.6 is 11.6 Å². The van der Waals surface area contributed by atoms with Gasteiger partial charge in [-0.1, -0.05) is 11.6 Å². The standard InChI is InChI=1S/C12H15ClFN3O2/c13-8-5-9(14)10(16-6-8)17-7-12(11(15)18)1-3-19-4-2-12/h5-6H,1-4,7H2,(H2,15,18)(H,16,17). The summed E-state index contributed by atoms with van der Waals surface area (Å²) >= 11 is 5.62. The van der Waals surface area contributed by atoms with Crippen LogP contribution in [0.15, 0.2) is 12.3 Å². The fourth-order valence-electron chi connectivity index (χ4n) is 2.07. The van der Waals surface area contributed by atoms with E-state index < -0.39 is 17.1 Å². The van der Waals surface area contributed by atoms with Gasteiger partial charge < -0.3 is 15.8 Å². The van der Waals surface area contributed by atoms with Gasteiger partial charge in [-0.05, 0) is 18.9 Å². The Morgan fingerprint density at radius 3 is 2.84 bits per heavy atom. The van der Waals surface area contributed by atoms with Gasteiger partial charge in [0, 0.05) is 26.0 Å². The number of nitrogens with one attached hydrogen (secondary N) is 1. The molecule has 0 aromatic carbocycles. The zero-order chi connectivity index (χ0) is 13.9. The Bertz CT molecular complexity index is 478. The Morgan fingerprint density at radius 2 is 2.26 bits per heavy atom.